The molecule has 2 aliphatic rings. The summed E-state index contributed by atoms with van der Waals surface area (Å²) >= 11 is 7.50. The number of amides is 2. The lowest BCUT2D eigenvalue weighted by molar-refractivity contribution is -0.114. The predicted molar refractivity (Wildman–Crippen MR) is 124 cm³/mol. The van der Waals surface area contributed by atoms with E-state index in [0.717, 1.165) is 35.7 Å². The largest absolute Gasteiger partial charge is 0.338 e. The van der Waals surface area contributed by atoms with Gasteiger partial charge in [-0.15, -0.1) is 0 Å². The summed E-state index contributed by atoms with van der Waals surface area (Å²) in [7, 11) is 1.76. The fourth-order valence-corrected chi connectivity index (χ4v) is 5.58. The molecule has 4 rings (SSSR count). The number of hydrogen-bond acceptors (Lipinski definition) is 3. The summed E-state index contributed by atoms with van der Waals surface area (Å²) in [6, 6.07) is 13.1. The highest BCUT2D eigenvalue weighted by atomic mass is 35.5. The molecular formula is C24H25ClN2O2S. The number of nitrogens with zero attached hydrogens (tertiary/aromatic N) is 2. The summed E-state index contributed by atoms with van der Waals surface area (Å²) in [5.74, 6) is 0.975. The van der Waals surface area contributed by atoms with Gasteiger partial charge in [0.25, 0.3) is 11.8 Å². The lowest BCUT2D eigenvalue weighted by atomic mass is 9.91. The maximum absolute atomic E-state index is 13.1. The zero-order chi connectivity index (χ0) is 21.4. The zero-order valence-electron chi connectivity index (χ0n) is 17.4. The number of hydrogen-bond donors (Lipinski definition) is 0. The van der Waals surface area contributed by atoms with E-state index in [-0.39, 0.29) is 11.8 Å². The van der Waals surface area contributed by atoms with Gasteiger partial charge in [0.2, 0.25) is 0 Å². The van der Waals surface area contributed by atoms with Crippen molar-refractivity contribution >= 4 is 46.9 Å². The number of likely N-dealkylation sites (tertiary alicyclic amines) is 1. The second-order valence-electron chi connectivity index (χ2n) is 8.37. The van der Waals surface area contributed by atoms with Gasteiger partial charge in [0.05, 0.1) is 10.6 Å². The number of anilines is 1. The van der Waals surface area contributed by atoms with Crippen LogP contribution in [0.25, 0.3) is 6.08 Å². The molecule has 4 nitrogen and oxygen atoms in total. The van der Waals surface area contributed by atoms with Gasteiger partial charge in [0, 0.05) is 35.6 Å². The monoisotopic (exact) mass is 440 g/mol. The number of carbonyl (C=O) groups is 2. The summed E-state index contributed by atoms with van der Waals surface area (Å²) in [4.78, 5) is 31.2. The number of rotatable bonds is 2. The maximum Gasteiger partial charge on any atom is 0.264 e. The van der Waals surface area contributed by atoms with Gasteiger partial charge in [-0.3, -0.25) is 9.59 Å². The summed E-state index contributed by atoms with van der Waals surface area (Å²) in [5.41, 5.74) is 2.30. The highest BCUT2D eigenvalue weighted by molar-refractivity contribution is 8.04. The molecule has 0 unspecified atom stereocenters. The maximum atomic E-state index is 13.1. The Kier molecular flexibility index (Phi) is 5.94. The Morgan fingerprint density at radius 1 is 1.13 bits per heavy atom. The van der Waals surface area contributed by atoms with Crippen LogP contribution in [0.3, 0.4) is 0 Å². The number of halogens is 1. The third-order valence-electron chi connectivity index (χ3n) is 5.61. The van der Waals surface area contributed by atoms with Gasteiger partial charge in [0.1, 0.15) is 0 Å². The second-order valence-corrected chi connectivity index (χ2v) is 9.89. The molecule has 2 heterocycles. The highest BCUT2D eigenvalue weighted by Gasteiger charge is 2.30. The number of thioether (sulfide) groups is 1. The van der Waals surface area contributed by atoms with Crippen LogP contribution in [0, 0.1) is 11.8 Å². The fraction of sp³-hybridized carbons (Fsp3) is 0.333. The molecule has 6 heteroatoms. The molecule has 0 aromatic heterocycles. The Balaban J connectivity index is 1.61. The van der Waals surface area contributed by atoms with E-state index in [2.05, 4.69) is 13.8 Å². The number of benzene rings is 2. The average molecular weight is 441 g/mol. The van der Waals surface area contributed by atoms with Crippen molar-refractivity contribution in [1.29, 1.82) is 0 Å². The highest BCUT2D eigenvalue weighted by Crippen LogP contribution is 2.42. The van der Waals surface area contributed by atoms with Crippen LogP contribution < -0.4 is 4.90 Å². The minimum Gasteiger partial charge on any atom is -0.338 e. The van der Waals surface area contributed by atoms with E-state index in [1.54, 1.807) is 11.9 Å². The Hall–Kier alpha value is -2.24. The first-order valence-corrected chi connectivity index (χ1v) is 11.4. The topological polar surface area (TPSA) is 40.6 Å². The van der Waals surface area contributed by atoms with Gasteiger partial charge < -0.3 is 9.80 Å². The Labute approximate surface area is 186 Å². The third kappa shape index (κ3) is 4.28. The molecular weight excluding hydrogens is 416 g/mol. The normalized spacial score (nSPS) is 22.9. The zero-order valence-corrected chi connectivity index (χ0v) is 19.0. The summed E-state index contributed by atoms with van der Waals surface area (Å²) in [6.45, 7) is 5.96. The molecule has 0 saturated carbocycles. The third-order valence-corrected chi connectivity index (χ3v) is 6.92. The molecule has 1 fully saturated rings. The van der Waals surface area contributed by atoms with Crippen LogP contribution in [-0.4, -0.2) is 36.9 Å². The van der Waals surface area contributed by atoms with Gasteiger partial charge in [-0.25, -0.2) is 0 Å². The van der Waals surface area contributed by atoms with Gasteiger partial charge in [0.15, 0.2) is 0 Å². The van der Waals surface area contributed by atoms with Gasteiger partial charge in [-0.2, -0.15) is 0 Å². The molecule has 0 bridgehead atoms. The van der Waals surface area contributed by atoms with E-state index in [1.165, 1.54) is 11.8 Å². The number of fused-ring (bicyclic) bond motifs is 1. The lowest BCUT2D eigenvalue weighted by Gasteiger charge is -2.35. The van der Waals surface area contributed by atoms with Crippen molar-refractivity contribution in [3.05, 3.63) is 63.5 Å². The van der Waals surface area contributed by atoms with Crippen molar-refractivity contribution < 1.29 is 9.59 Å². The first kappa shape index (κ1) is 21.0. The molecule has 1 saturated heterocycles. The van der Waals surface area contributed by atoms with Gasteiger partial charge in [-0.1, -0.05) is 49.3 Å². The van der Waals surface area contributed by atoms with E-state index in [9.17, 15) is 9.59 Å². The standard InChI is InChI=1S/C24H25ClN2O2S/c1-15-9-16(2)14-27(13-15)23(28)18-7-8-21-20(12-18)26(3)24(29)22(30-21)11-17-5-4-6-19(25)10-17/h4-8,10-12,15-16H,9,13-14H2,1-3H3/b22-11-/t15-,16+. The van der Waals surface area contributed by atoms with Crippen molar-refractivity contribution in [2.75, 3.05) is 25.0 Å². The molecule has 2 aromatic rings. The van der Waals surface area contributed by atoms with E-state index in [4.69, 9.17) is 11.6 Å². The Morgan fingerprint density at radius 3 is 2.57 bits per heavy atom. The molecule has 2 amide bonds. The molecule has 0 aliphatic carbocycles. The first-order valence-electron chi connectivity index (χ1n) is 10.2. The summed E-state index contributed by atoms with van der Waals surface area (Å²) in [6.07, 6.45) is 3.01. The molecule has 0 N–H and O–H groups in total. The molecule has 0 radical (unpaired) electrons. The number of carbonyl (C=O) groups excluding carboxylic acids is 2. The van der Waals surface area contributed by atoms with Crippen LogP contribution in [0.5, 0.6) is 0 Å². The minimum atomic E-state index is -0.0858. The van der Waals surface area contributed by atoms with Gasteiger partial charge >= 0.3 is 0 Å². The first-order chi connectivity index (χ1) is 14.3. The quantitative estimate of drug-likeness (QED) is 0.573. The van der Waals surface area contributed by atoms with Crippen molar-refractivity contribution in [3.8, 4) is 0 Å². The van der Waals surface area contributed by atoms with Crippen molar-refractivity contribution in [1.82, 2.24) is 4.90 Å². The van der Waals surface area contributed by atoms with E-state index >= 15 is 0 Å². The molecule has 2 aromatic carbocycles. The molecule has 30 heavy (non-hydrogen) atoms. The molecule has 156 valence electrons. The minimum absolute atomic E-state index is 0.0438. The summed E-state index contributed by atoms with van der Waals surface area (Å²) in [5, 5.41) is 0.635. The van der Waals surface area contributed by atoms with Crippen LogP contribution in [0.15, 0.2) is 52.3 Å². The Bertz CT molecular complexity index is 1030. The van der Waals surface area contributed by atoms with Crippen LogP contribution in [-0.2, 0) is 4.79 Å². The van der Waals surface area contributed by atoms with Crippen LogP contribution >= 0.6 is 23.4 Å². The van der Waals surface area contributed by atoms with Crippen LogP contribution in [0.2, 0.25) is 5.02 Å². The van der Waals surface area contributed by atoms with Crippen LogP contribution in [0.4, 0.5) is 5.69 Å². The number of likely N-dealkylation sites (N-methyl/N-ethyl adjacent to an activating group) is 1. The summed E-state index contributed by atoms with van der Waals surface area (Å²) < 4.78 is 0. The van der Waals surface area contributed by atoms with E-state index in [0.29, 0.717) is 27.3 Å². The smallest absolute Gasteiger partial charge is 0.264 e. The van der Waals surface area contributed by atoms with E-state index < -0.39 is 0 Å². The van der Waals surface area contributed by atoms with Crippen molar-refractivity contribution in [2.24, 2.45) is 11.8 Å². The average Bonchev–Trinajstić information content (AvgIpc) is 2.70. The SMILES string of the molecule is C[C@@H]1C[C@H](C)CN(C(=O)c2ccc3c(c2)N(C)C(=O)/C(=C/c2cccc(Cl)c2)S3)C1. The van der Waals surface area contributed by atoms with Crippen LogP contribution in [0.1, 0.15) is 36.2 Å². The second kappa shape index (κ2) is 8.48. The van der Waals surface area contributed by atoms with Gasteiger partial charge in [-0.05, 0) is 60.2 Å². The molecule has 2 atom stereocenters. The fourth-order valence-electron chi connectivity index (χ4n) is 4.29. The van der Waals surface area contributed by atoms with E-state index in [1.807, 2.05) is 53.4 Å². The lowest BCUT2D eigenvalue weighted by Crippen LogP contribution is -2.42. The Morgan fingerprint density at radius 2 is 1.87 bits per heavy atom. The van der Waals surface area contributed by atoms with Crippen molar-refractivity contribution in [3.63, 3.8) is 0 Å². The van der Waals surface area contributed by atoms with Crippen molar-refractivity contribution in [2.45, 2.75) is 25.2 Å². The predicted octanol–water partition coefficient (Wildman–Crippen LogP) is 5.57. The molecule has 0 spiro atoms. The number of piperidine rings is 1. The molecule has 2 aliphatic heterocycles.